The quantitative estimate of drug-likeness (QED) is 0.844. The maximum absolute atomic E-state index is 13.7. The minimum Gasteiger partial charge on any atom is -0.495 e. The van der Waals surface area contributed by atoms with Gasteiger partial charge >= 0.3 is 5.97 Å². The van der Waals surface area contributed by atoms with Gasteiger partial charge < -0.3 is 9.84 Å². The molecule has 1 aliphatic heterocycles. The number of piperidine rings is 1. The average Bonchev–Trinajstić information content (AvgIpc) is 2.49. The van der Waals surface area contributed by atoms with Gasteiger partial charge in [-0.05, 0) is 47.3 Å². The Labute approximate surface area is 136 Å². The highest BCUT2D eigenvalue weighted by atomic mass is 79.9. The lowest BCUT2D eigenvalue weighted by Crippen LogP contribution is -2.47. The molecule has 0 aliphatic carbocycles. The van der Waals surface area contributed by atoms with Crippen molar-refractivity contribution in [3.8, 4) is 5.75 Å². The van der Waals surface area contributed by atoms with Gasteiger partial charge in [0.05, 0.1) is 11.6 Å². The van der Waals surface area contributed by atoms with E-state index in [1.807, 2.05) is 0 Å². The van der Waals surface area contributed by atoms with Gasteiger partial charge in [-0.25, -0.2) is 12.8 Å². The fourth-order valence-corrected chi connectivity index (χ4v) is 4.56. The van der Waals surface area contributed by atoms with E-state index >= 15 is 0 Å². The Kier molecular flexibility index (Phi) is 5.08. The number of aliphatic carboxylic acids is 1. The third kappa shape index (κ3) is 3.11. The van der Waals surface area contributed by atoms with Crippen LogP contribution in [-0.2, 0) is 14.8 Å². The molecule has 1 heterocycles. The van der Waals surface area contributed by atoms with E-state index in [2.05, 4.69) is 15.9 Å². The van der Waals surface area contributed by atoms with E-state index in [9.17, 15) is 22.7 Å². The van der Waals surface area contributed by atoms with E-state index < -0.39 is 27.9 Å². The highest BCUT2D eigenvalue weighted by Gasteiger charge is 2.39. The Hall–Kier alpha value is -1.19. The van der Waals surface area contributed by atoms with Crippen LogP contribution in [0.5, 0.6) is 5.75 Å². The van der Waals surface area contributed by atoms with Crippen molar-refractivity contribution in [3.63, 3.8) is 0 Å². The summed E-state index contributed by atoms with van der Waals surface area (Å²) in [5.74, 6) is -2.01. The SMILES string of the molecule is COc1cc(Br)c(F)cc1S(=O)(=O)N1CCCCC1C(=O)O. The highest BCUT2D eigenvalue weighted by Crippen LogP contribution is 2.34. The average molecular weight is 396 g/mol. The molecule has 22 heavy (non-hydrogen) atoms. The molecule has 0 saturated carbocycles. The fraction of sp³-hybridized carbons (Fsp3) is 0.462. The van der Waals surface area contributed by atoms with Crippen molar-refractivity contribution in [1.29, 1.82) is 0 Å². The van der Waals surface area contributed by atoms with Gasteiger partial charge in [0.1, 0.15) is 22.5 Å². The van der Waals surface area contributed by atoms with Crippen molar-refractivity contribution in [2.24, 2.45) is 0 Å². The van der Waals surface area contributed by atoms with Crippen LogP contribution in [0.3, 0.4) is 0 Å². The third-order valence-corrected chi connectivity index (χ3v) is 6.07. The molecule has 1 N–H and O–H groups in total. The number of hydrogen-bond donors (Lipinski definition) is 1. The molecule has 6 nitrogen and oxygen atoms in total. The van der Waals surface area contributed by atoms with E-state index in [-0.39, 0.29) is 28.1 Å². The zero-order valence-electron chi connectivity index (χ0n) is 11.8. The van der Waals surface area contributed by atoms with Gasteiger partial charge in [-0.15, -0.1) is 0 Å². The van der Waals surface area contributed by atoms with Gasteiger partial charge in [-0.1, -0.05) is 0 Å². The molecule has 0 amide bonds. The molecule has 0 radical (unpaired) electrons. The van der Waals surface area contributed by atoms with Crippen molar-refractivity contribution < 1.29 is 27.4 Å². The molecule has 122 valence electrons. The molecule has 1 fully saturated rings. The van der Waals surface area contributed by atoms with Crippen LogP contribution in [0.4, 0.5) is 4.39 Å². The second kappa shape index (κ2) is 6.51. The number of rotatable bonds is 4. The molecule has 0 spiro atoms. The smallest absolute Gasteiger partial charge is 0.322 e. The summed E-state index contributed by atoms with van der Waals surface area (Å²) in [6, 6.07) is 0.906. The maximum atomic E-state index is 13.7. The first-order valence-electron chi connectivity index (χ1n) is 6.56. The van der Waals surface area contributed by atoms with Gasteiger partial charge in [0.25, 0.3) is 0 Å². The van der Waals surface area contributed by atoms with E-state index in [1.54, 1.807) is 0 Å². The lowest BCUT2D eigenvalue weighted by molar-refractivity contribution is -0.142. The first-order chi connectivity index (χ1) is 10.3. The van der Waals surface area contributed by atoms with Crippen LogP contribution in [0.15, 0.2) is 21.5 Å². The molecule has 0 bridgehead atoms. The van der Waals surface area contributed by atoms with Gasteiger partial charge in [-0.3, -0.25) is 4.79 Å². The van der Waals surface area contributed by atoms with Crippen LogP contribution in [-0.4, -0.2) is 43.5 Å². The van der Waals surface area contributed by atoms with Crippen molar-refractivity contribution in [1.82, 2.24) is 4.31 Å². The number of hydrogen-bond acceptors (Lipinski definition) is 4. The second-order valence-electron chi connectivity index (χ2n) is 4.88. The summed E-state index contributed by atoms with van der Waals surface area (Å²) < 4.78 is 45.2. The number of carboxylic acid groups (broad SMARTS) is 1. The standard InChI is InChI=1S/C13H15BrFNO5S/c1-21-11-6-8(14)9(15)7-12(11)22(19,20)16-5-3-2-4-10(16)13(17)18/h6-7,10H,2-5H2,1H3,(H,17,18). The number of ether oxygens (including phenoxy) is 1. The maximum Gasteiger partial charge on any atom is 0.322 e. The Morgan fingerprint density at radius 3 is 2.73 bits per heavy atom. The first-order valence-corrected chi connectivity index (χ1v) is 8.80. The lowest BCUT2D eigenvalue weighted by Gasteiger charge is -2.32. The van der Waals surface area contributed by atoms with Gasteiger partial charge in [0.15, 0.2) is 0 Å². The van der Waals surface area contributed by atoms with Crippen LogP contribution in [0, 0.1) is 5.82 Å². The Morgan fingerprint density at radius 2 is 2.14 bits per heavy atom. The molecule has 1 aliphatic rings. The van der Waals surface area contributed by atoms with Crippen molar-refractivity contribution in [3.05, 3.63) is 22.4 Å². The number of sulfonamides is 1. The minimum absolute atomic E-state index is 0.0389. The fourth-order valence-electron chi connectivity index (χ4n) is 2.44. The largest absolute Gasteiger partial charge is 0.495 e. The van der Waals surface area contributed by atoms with Crippen LogP contribution in [0.2, 0.25) is 0 Å². The summed E-state index contributed by atoms with van der Waals surface area (Å²) in [5, 5.41) is 9.23. The molecule has 2 rings (SSSR count). The Morgan fingerprint density at radius 1 is 1.45 bits per heavy atom. The number of carboxylic acids is 1. The van der Waals surface area contributed by atoms with E-state index in [0.717, 1.165) is 10.4 Å². The lowest BCUT2D eigenvalue weighted by atomic mass is 10.1. The molecule has 1 aromatic carbocycles. The van der Waals surface area contributed by atoms with Crippen molar-refractivity contribution in [2.75, 3.05) is 13.7 Å². The monoisotopic (exact) mass is 395 g/mol. The molecule has 1 unspecified atom stereocenters. The molecular formula is C13H15BrFNO5S. The predicted molar refractivity (Wildman–Crippen MR) is 79.8 cm³/mol. The van der Waals surface area contributed by atoms with Crippen LogP contribution in [0.1, 0.15) is 19.3 Å². The summed E-state index contributed by atoms with van der Waals surface area (Å²) in [7, 11) is -2.90. The molecule has 1 aromatic rings. The predicted octanol–water partition coefficient (Wildman–Crippen LogP) is 2.22. The number of nitrogens with zero attached hydrogens (tertiary/aromatic N) is 1. The number of carbonyl (C=O) groups is 1. The Balaban J connectivity index is 2.54. The summed E-state index contributed by atoms with van der Waals surface area (Å²) in [4.78, 5) is 10.9. The van der Waals surface area contributed by atoms with Gasteiger partial charge in [0, 0.05) is 6.54 Å². The molecule has 1 atom stereocenters. The topological polar surface area (TPSA) is 83.9 Å². The zero-order chi connectivity index (χ0) is 16.5. The van der Waals surface area contributed by atoms with Crippen LogP contribution >= 0.6 is 15.9 Å². The molecular weight excluding hydrogens is 381 g/mol. The normalized spacial score (nSPS) is 19.9. The third-order valence-electron chi connectivity index (χ3n) is 3.53. The van der Waals surface area contributed by atoms with E-state index in [0.29, 0.717) is 12.8 Å². The minimum atomic E-state index is -4.17. The number of halogens is 2. The summed E-state index contributed by atoms with van der Waals surface area (Å²) in [5.41, 5.74) is 0. The van der Waals surface area contributed by atoms with Crippen LogP contribution < -0.4 is 4.74 Å². The molecule has 9 heteroatoms. The van der Waals surface area contributed by atoms with E-state index in [4.69, 9.17) is 4.74 Å². The first kappa shape index (κ1) is 17.2. The van der Waals surface area contributed by atoms with Crippen molar-refractivity contribution in [2.45, 2.75) is 30.2 Å². The molecule has 0 aromatic heterocycles. The summed E-state index contributed by atoms with van der Waals surface area (Å²) >= 11 is 2.96. The van der Waals surface area contributed by atoms with Crippen LogP contribution in [0.25, 0.3) is 0 Å². The molecule has 1 saturated heterocycles. The number of methoxy groups -OCH3 is 1. The van der Waals surface area contributed by atoms with Crippen molar-refractivity contribution >= 4 is 31.9 Å². The van der Waals surface area contributed by atoms with Gasteiger partial charge in [-0.2, -0.15) is 4.31 Å². The summed E-state index contributed by atoms with van der Waals surface area (Å²) in [6.07, 6.45) is 1.43. The second-order valence-corrected chi connectivity index (χ2v) is 7.60. The summed E-state index contributed by atoms with van der Waals surface area (Å²) in [6.45, 7) is 0.0835. The Bertz CT molecular complexity index is 694. The van der Waals surface area contributed by atoms with E-state index in [1.165, 1.54) is 13.2 Å². The zero-order valence-corrected chi connectivity index (χ0v) is 14.2. The number of benzene rings is 1. The van der Waals surface area contributed by atoms with Gasteiger partial charge in [0.2, 0.25) is 10.0 Å². The highest BCUT2D eigenvalue weighted by molar-refractivity contribution is 9.10.